The summed E-state index contributed by atoms with van der Waals surface area (Å²) in [5.74, 6) is -0.205. The molecular formula is C16H26FN3. The van der Waals surface area contributed by atoms with Gasteiger partial charge in [0.2, 0.25) is 0 Å². The molecule has 4 heteroatoms. The summed E-state index contributed by atoms with van der Waals surface area (Å²) in [5, 5.41) is 0. The molecular weight excluding hydrogens is 253 g/mol. The zero-order valence-corrected chi connectivity index (χ0v) is 12.6. The van der Waals surface area contributed by atoms with Gasteiger partial charge in [-0.2, -0.15) is 0 Å². The maximum absolute atomic E-state index is 13.2. The lowest BCUT2D eigenvalue weighted by Gasteiger charge is -2.39. The number of nitrogens with two attached hydrogens (primary N) is 1. The summed E-state index contributed by atoms with van der Waals surface area (Å²) in [5.41, 5.74) is 7.06. The molecule has 1 aromatic carbocycles. The standard InChI is InChI=1S/C16H26FN3/c1-3-20-10-9-19(12-13(20)2)8-7-16(18)14-5-4-6-15(17)11-14/h4-6,11,13,16H,3,7-10,12,18H2,1-2H3. The first-order valence-corrected chi connectivity index (χ1v) is 7.57. The Hall–Kier alpha value is -0.970. The highest BCUT2D eigenvalue weighted by Gasteiger charge is 2.22. The normalized spacial score (nSPS) is 22.9. The van der Waals surface area contributed by atoms with Crippen molar-refractivity contribution in [3.63, 3.8) is 0 Å². The minimum Gasteiger partial charge on any atom is -0.324 e. The van der Waals surface area contributed by atoms with E-state index >= 15 is 0 Å². The van der Waals surface area contributed by atoms with Crippen LogP contribution in [0.2, 0.25) is 0 Å². The van der Waals surface area contributed by atoms with Crippen LogP contribution < -0.4 is 5.73 Å². The van der Waals surface area contributed by atoms with Gasteiger partial charge in [0, 0.05) is 38.3 Å². The highest BCUT2D eigenvalue weighted by molar-refractivity contribution is 5.19. The van der Waals surface area contributed by atoms with Crippen molar-refractivity contribution < 1.29 is 4.39 Å². The van der Waals surface area contributed by atoms with Gasteiger partial charge in [-0.05, 0) is 37.6 Å². The van der Waals surface area contributed by atoms with Gasteiger partial charge in [-0.15, -0.1) is 0 Å². The molecule has 0 aromatic heterocycles. The molecule has 2 rings (SSSR count). The molecule has 0 spiro atoms. The van der Waals surface area contributed by atoms with Gasteiger partial charge < -0.3 is 10.6 Å². The van der Waals surface area contributed by atoms with Crippen LogP contribution in [-0.2, 0) is 0 Å². The molecule has 0 amide bonds. The fourth-order valence-corrected chi connectivity index (χ4v) is 2.97. The predicted molar refractivity (Wildman–Crippen MR) is 81.1 cm³/mol. The molecule has 1 fully saturated rings. The van der Waals surface area contributed by atoms with Crippen LogP contribution in [0.5, 0.6) is 0 Å². The monoisotopic (exact) mass is 279 g/mol. The van der Waals surface area contributed by atoms with Crippen molar-refractivity contribution >= 4 is 0 Å². The molecule has 20 heavy (non-hydrogen) atoms. The fraction of sp³-hybridized carbons (Fsp3) is 0.625. The molecule has 1 saturated heterocycles. The molecule has 2 N–H and O–H groups in total. The van der Waals surface area contributed by atoms with Crippen LogP contribution in [0.4, 0.5) is 4.39 Å². The third-order valence-corrected chi connectivity index (χ3v) is 4.29. The van der Waals surface area contributed by atoms with E-state index in [2.05, 4.69) is 23.6 Å². The highest BCUT2D eigenvalue weighted by Crippen LogP contribution is 2.17. The second kappa shape index (κ2) is 7.16. The lowest BCUT2D eigenvalue weighted by molar-refractivity contribution is 0.0861. The Labute approximate surface area is 121 Å². The van der Waals surface area contributed by atoms with Crippen molar-refractivity contribution in [3.8, 4) is 0 Å². The summed E-state index contributed by atoms with van der Waals surface area (Å²) in [4.78, 5) is 4.97. The maximum atomic E-state index is 13.2. The van der Waals surface area contributed by atoms with E-state index < -0.39 is 0 Å². The van der Waals surface area contributed by atoms with E-state index in [0.717, 1.165) is 44.7 Å². The van der Waals surface area contributed by atoms with Crippen molar-refractivity contribution in [2.24, 2.45) is 5.73 Å². The van der Waals surface area contributed by atoms with Crippen LogP contribution in [0.1, 0.15) is 31.9 Å². The number of rotatable bonds is 5. The summed E-state index contributed by atoms with van der Waals surface area (Å²) >= 11 is 0. The number of hydrogen-bond donors (Lipinski definition) is 1. The summed E-state index contributed by atoms with van der Waals surface area (Å²) in [6.07, 6.45) is 0.877. The average Bonchev–Trinajstić information content (AvgIpc) is 2.45. The first-order valence-electron chi connectivity index (χ1n) is 7.57. The highest BCUT2D eigenvalue weighted by atomic mass is 19.1. The molecule has 0 aliphatic carbocycles. The topological polar surface area (TPSA) is 32.5 Å². The number of hydrogen-bond acceptors (Lipinski definition) is 3. The Bertz CT molecular complexity index is 424. The molecule has 1 heterocycles. The summed E-state index contributed by atoms with van der Waals surface area (Å²) in [6, 6.07) is 7.17. The minimum atomic E-state index is -0.205. The molecule has 1 aliphatic rings. The molecule has 112 valence electrons. The van der Waals surface area contributed by atoms with Crippen LogP contribution in [0, 0.1) is 5.82 Å². The van der Waals surface area contributed by atoms with Gasteiger partial charge in [0.15, 0.2) is 0 Å². The van der Waals surface area contributed by atoms with E-state index in [0.29, 0.717) is 6.04 Å². The summed E-state index contributed by atoms with van der Waals surface area (Å²) < 4.78 is 13.2. The second-order valence-corrected chi connectivity index (χ2v) is 5.73. The molecule has 1 aliphatic heterocycles. The number of benzene rings is 1. The van der Waals surface area contributed by atoms with Crippen LogP contribution in [0.3, 0.4) is 0 Å². The van der Waals surface area contributed by atoms with Gasteiger partial charge in [0.25, 0.3) is 0 Å². The van der Waals surface area contributed by atoms with E-state index in [9.17, 15) is 4.39 Å². The van der Waals surface area contributed by atoms with Crippen LogP contribution >= 0.6 is 0 Å². The molecule has 3 nitrogen and oxygen atoms in total. The zero-order chi connectivity index (χ0) is 14.5. The third kappa shape index (κ3) is 4.01. The van der Waals surface area contributed by atoms with E-state index in [1.165, 1.54) is 6.07 Å². The van der Waals surface area contributed by atoms with Crippen LogP contribution in [0.25, 0.3) is 0 Å². The van der Waals surface area contributed by atoms with Crippen LogP contribution in [-0.4, -0.2) is 48.6 Å². The Balaban J connectivity index is 1.81. The predicted octanol–water partition coefficient (Wildman–Crippen LogP) is 2.24. The number of halogens is 1. The zero-order valence-electron chi connectivity index (χ0n) is 12.6. The molecule has 0 saturated carbocycles. The van der Waals surface area contributed by atoms with Crippen molar-refractivity contribution in [1.29, 1.82) is 0 Å². The van der Waals surface area contributed by atoms with Crippen molar-refractivity contribution in [2.75, 3.05) is 32.7 Å². The first kappa shape index (κ1) is 15.4. The number of piperazine rings is 1. The quantitative estimate of drug-likeness (QED) is 0.897. The Kier molecular flexibility index (Phi) is 5.52. The Morgan fingerprint density at radius 1 is 1.40 bits per heavy atom. The summed E-state index contributed by atoms with van der Waals surface area (Å²) in [6.45, 7) is 9.94. The number of likely N-dealkylation sites (N-methyl/N-ethyl adjacent to an activating group) is 1. The molecule has 0 bridgehead atoms. The SMILES string of the molecule is CCN1CCN(CCC(N)c2cccc(F)c2)CC1C. The lowest BCUT2D eigenvalue weighted by Crippen LogP contribution is -2.51. The Morgan fingerprint density at radius 3 is 2.85 bits per heavy atom. The van der Waals surface area contributed by atoms with Gasteiger partial charge in [-0.25, -0.2) is 4.39 Å². The second-order valence-electron chi connectivity index (χ2n) is 5.73. The van der Waals surface area contributed by atoms with E-state index in [4.69, 9.17) is 5.73 Å². The maximum Gasteiger partial charge on any atom is 0.123 e. The van der Waals surface area contributed by atoms with Crippen molar-refractivity contribution in [1.82, 2.24) is 9.80 Å². The molecule has 1 aromatic rings. The smallest absolute Gasteiger partial charge is 0.123 e. The van der Waals surface area contributed by atoms with Gasteiger partial charge in [0.05, 0.1) is 0 Å². The van der Waals surface area contributed by atoms with E-state index in [1.807, 2.05) is 6.07 Å². The van der Waals surface area contributed by atoms with Gasteiger partial charge in [-0.3, -0.25) is 4.90 Å². The Morgan fingerprint density at radius 2 is 2.20 bits per heavy atom. The molecule has 2 atom stereocenters. The lowest BCUT2D eigenvalue weighted by atomic mass is 10.0. The summed E-state index contributed by atoms with van der Waals surface area (Å²) in [7, 11) is 0. The van der Waals surface area contributed by atoms with Crippen molar-refractivity contribution in [3.05, 3.63) is 35.6 Å². The van der Waals surface area contributed by atoms with Gasteiger partial charge in [0.1, 0.15) is 5.82 Å². The van der Waals surface area contributed by atoms with Crippen LogP contribution in [0.15, 0.2) is 24.3 Å². The van der Waals surface area contributed by atoms with E-state index in [1.54, 1.807) is 12.1 Å². The minimum absolute atomic E-state index is 0.0785. The largest absolute Gasteiger partial charge is 0.324 e. The van der Waals surface area contributed by atoms with Gasteiger partial charge in [-0.1, -0.05) is 19.1 Å². The van der Waals surface area contributed by atoms with Gasteiger partial charge >= 0.3 is 0 Å². The molecule has 0 radical (unpaired) electrons. The van der Waals surface area contributed by atoms with Crippen molar-refractivity contribution in [2.45, 2.75) is 32.4 Å². The molecule has 2 unspecified atom stereocenters. The van der Waals surface area contributed by atoms with E-state index in [-0.39, 0.29) is 11.9 Å². The average molecular weight is 279 g/mol. The third-order valence-electron chi connectivity index (χ3n) is 4.29. The fourth-order valence-electron chi connectivity index (χ4n) is 2.97. The first-order chi connectivity index (χ1) is 9.60. The number of nitrogens with zero attached hydrogens (tertiary/aromatic N) is 2.